The number of anilines is 1. The summed E-state index contributed by atoms with van der Waals surface area (Å²) >= 11 is 0. The predicted octanol–water partition coefficient (Wildman–Crippen LogP) is 3.66. The van der Waals surface area contributed by atoms with Crippen LogP contribution in [-0.4, -0.2) is 46.7 Å². The minimum atomic E-state index is -0.298. The predicted molar refractivity (Wildman–Crippen MR) is 127 cm³/mol. The molecule has 7 nitrogen and oxygen atoms in total. The molecule has 1 aliphatic carbocycles. The van der Waals surface area contributed by atoms with Crippen LogP contribution in [0.25, 0.3) is 0 Å². The first kappa shape index (κ1) is 22.1. The average molecular weight is 458 g/mol. The van der Waals surface area contributed by atoms with Crippen LogP contribution in [0.1, 0.15) is 51.1 Å². The van der Waals surface area contributed by atoms with Gasteiger partial charge in [-0.05, 0) is 80.6 Å². The minimum absolute atomic E-state index is 0.178. The van der Waals surface area contributed by atoms with Crippen molar-refractivity contribution in [2.24, 2.45) is 11.8 Å². The van der Waals surface area contributed by atoms with Crippen molar-refractivity contribution in [3.63, 3.8) is 0 Å². The fourth-order valence-electron chi connectivity index (χ4n) is 5.01. The van der Waals surface area contributed by atoms with E-state index in [1.165, 1.54) is 14.9 Å². The Kier molecular flexibility index (Phi) is 5.55. The van der Waals surface area contributed by atoms with Crippen molar-refractivity contribution in [2.75, 3.05) is 18.0 Å². The van der Waals surface area contributed by atoms with Gasteiger partial charge in [0.1, 0.15) is 0 Å². The highest BCUT2D eigenvalue weighted by molar-refractivity contribution is 6.22. The van der Waals surface area contributed by atoms with Crippen LogP contribution in [0, 0.1) is 25.7 Å². The van der Waals surface area contributed by atoms with Crippen LogP contribution in [0.15, 0.2) is 54.6 Å². The van der Waals surface area contributed by atoms with E-state index in [0.717, 1.165) is 11.1 Å². The van der Waals surface area contributed by atoms with E-state index in [4.69, 9.17) is 0 Å². The third-order valence-electron chi connectivity index (χ3n) is 7.13. The van der Waals surface area contributed by atoms with E-state index < -0.39 is 0 Å². The Morgan fingerprint density at radius 2 is 1.26 bits per heavy atom. The first-order valence-corrected chi connectivity index (χ1v) is 11.7. The van der Waals surface area contributed by atoms with Gasteiger partial charge in [-0.3, -0.25) is 24.1 Å². The van der Waals surface area contributed by atoms with Crippen molar-refractivity contribution in [1.82, 2.24) is 10.0 Å². The maximum absolute atomic E-state index is 13.3. The zero-order valence-corrected chi connectivity index (χ0v) is 19.4. The molecule has 34 heavy (non-hydrogen) atoms. The van der Waals surface area contributed by atoms with Gasteiger partial charge in [0.2, 0.25) is 11.8 Å². The van der Waals surface area contributed by atoms with Crippen LogP contribution in [0.2, 0.25) is 0 Å². The molecule has 174 valence electrons. The standard InChI is InChI=1S/C27H27N3O4/c1-17-8-9-20(16-18(17)2)25(32)29-15-5-14-28(29)24(31)19-10-12-21(13-11-19)30-26(33)22-6-3-4-7-23(22)27(30)34/h3-4,8-13,16,22-23H,5-7,14-15H2,1-2H3. The zero-order chi connectivity index (χ0) is 24.0. The average Bonchev–Trinajstić information content (AvgIpc) is 3.44. The topological polar surface area (TPSA) is 78.0 Å². The molecule has 2 unspecified atom stereocenters. The van der Waals surface area contributed by atoms with Crippen molar-refractivity contribution in [2.45, 2.75) is 33.1 Å². The summed E-state index contributed by atoms with van der Waals surface area (Å²) in [4.78, 5) is 53.3. The van der Waals surface area contributed by atoms with E-state index in [1.807, 2.05) is 38.1 Å². The molecule has 0 N–H and O–H groups in total. The van der Waals surface area contributed by atoms with Gasteiger partial charge in [0.05, 0.1) is 17.5 Å². The molecule has 0 saturated carbocycles. The first-order valence-electron chi connectivity index (χ1n) is 11.7. The largest absolute Gasteiger partial charge is 0.274 e. The highest BCUT2D eigenvalue weighted by Gasteiger charge is 2.47. The van der Waals surface area contributed by atoms with Crippen LogP contribution in [0.4, 0.5) is 5.69 Å². The molecule has 7 heteroatoms. The zero-order valence-electron chi connectivity index (χ0n) is 19.4. The maximum Gasteiger partial charge on any atom is 0.272 e. The van der Waals surface area contributed by atoms with Gasteiger partial charge in [0.25, 0.3) is 11.8 Å². The smallest absolute Gasteiger partial charge is 0.272 e. The molecule has 2 aromatic carbocycles. The minimum Gasteiger partial charge on any atom is -0.274 e. The lowest BCUT2D eigenvalue weighted by molar-refractivity contribution is -0.122. The number of carbonyl (C=O) groups is 4. The highest BCUT2D eigenvalue weighted by Crippen LogP contribution is 2.37. The second-order valence-electron chi connectivity index (χ2n) is 9.22. The molecule has 2 atom stereocenters. The number of hydrazine groups is 1. The third kappa shape index (κ3) is 3.61. The van der Waals surface area contributed by atoms with Gasteiger partial charge < -0.3 is 0 Å². The number of fused-ring (bicyclic) bond motifs is 1. The summed E-state index contributed by atoms with van der Waals surface area (Å²) in [5.74, 6) is -1.43. The summed E-state index contributed by atoms with van der Waals surface area (Å²) in [7, 11) is 0. The summed E-state index contributed by atoms with van der Waals surface area (Å²) in [6.45, 7) is 4.88. The lowest BCUT2D eigenvalue weighted by Gasteiger charge is -2.28. The molecule has 5 rings (SSSR count). The number of hydrogen-bond donors (Lipinski definition) is 0. The molecule has 2 aromatic rings. The fourth-order valence-corrected chi connectivity index (χ4v) is 5.01. The molecule has 4 amide bonds. The van der Waals surface area contributed by atoms with Crippen LogP contribution in [0.3, 0.4) is 0 Å². The number of aryl methyl sites for hydroxylation is 2. The molecule has 2 fully saturated rings. The Balaban J connectivity index is 1.34. The van der Waals surface area contributed by atoms with E-state index in [1.54, 1.807) is 30.3 Å². The second-order valence-corrected chi connectivity index (χ2v) is 9.22. The molecule has 0 bridgehead atoms. The van der Waals surface area contributed by atoms with Gasteiger partial charge >= 0.3 is 0 Å². The molecule has 2 heterocycles. The maximum atomic E-state index is 13.3. The number of carbonyl (C=O) groups excluding carboxylic acids is 4. The first-order chi connectivity index (χ1) is 16.4. The lowest BCUT2D eigenvalue weighted by Crippen LogP contribution is -2.44. The Morgan fingerprint density at radius 1 is 0.735 bits per heavy atom. The molecule has 2 saturated heterocycles. The third-order valence-corrected chi connectivity index (χ3v) is 7.13. The quantitative estimate of drug-likeness (QED) is 0.521. The molecular formula is C27H27N3O4. The molecule has 0 aromatic heterocycles. The number of hydrogen-bond acceptors (Lipinski definition) is 4. The van der Waals surface area contributed by atoms with Crippen LogP contribution >= 0.6 is 0 Å². The summed E-state index contributed by atoms with van der Waals surface area (Å²) in [6.07, 6.45) is 5.79. The van der Waals surface area contributed by atoms with Crippen molar-refractivity contribution in [3.8, 4) is 0 Å². The Labute approximate surface area is 198 Å². The van der Waals surface area contributed by atoms with E-state index in [-0.39, 0.29) is 35.5 Å². The number of benzene rings is 2. The Hall–Kier alpha value is -3.74. The SMILES string of the molecule is Cc1ccc(C(=O)N2CCCN2C(=O)c2ccc(N3C(=O)C4CC=CCC4C3=O)cc2)cc1C. The van der Waals surface area contributed by atoms with E-state index in [9.17, 15) is 19.2 Å². The molecule has 0 radical (unpaired) electrons. The summed E-state index contributed by atoms with van der Waals surface area (Å²) in [6, 6.07) is 12.1. The van der Waals surface area contributed by atoms with Crippen molar-refractivity contribution in [3.05, 3.63) is 76.9 Å². The van der Waals surface area contributed by atoms with E-state index in [0.29, 0.717) is 49.2 Å². The lowest BCUT2D eigenvalue weighted by atomic mass is 9.85. The number of amides is 4. The van der Waals surface area contributed by atoms with Gasteiger partial charge in [-0.15, -0.1) is 0 Å². The fraction of sp³-hybridized carbons (Fsp3) is 0.333. The number of rotatable bonds is 3. The second kappa shape index (κ2) is 8.56. The van der Waals surface area contributed by atoms with Gasteiger partial charge in [-0.25, -0.2) is 10.0 Å². The Bertz CT molecular complexity index is 1190. The summed E-state index contributed by atoms with van der Waals surface area (Å²) < 4.78 is 0. The highest BCUT2D eigenvalue weighted by atomic mass is 16.2. The van der Waals surface area contributed by atoms with Gasteiger partial charge in [-0.2, -0.15) is 0 Å². The van der Waals surface area contributed by atoms with Gasteiger partial charge in [0, 0.05) is 24.2 Å². The summed E-state index contributed by atoms with van der Waals surface area (Å²) in [5.41, 5.74) is 3.57. The molecule has 3 aliphatic rings. The molecule has 2 aliphatic heterocycles. The van der Waals surface area contributed by atoms with Gasteiger partial charge in [-0.1, -0.05) is 18.2 Å². The number of imide groups is 1. The molecule has 0 spiro atoms. The number of allylic oxidation sites excluding steroid dienone is 2. The van der Waals surface area contributed by atoms with Crippen LogP contribution < -0.4 is 4.90 Å². The monoisotopic (exact) mass is 457 g/mol. The summed E-state index contributed by atoms with van der Waals surface area (Å²) in [5, 5.41) is 2.99. The van der Waals surface area contributed by atoms with Crippen molar-refractivity contribution in [1.29, 1.82) is 0 Å². The van der Waals surface area contributed by atoms with Crippen molar-refractivity contribution < 1.29 is 19.2 Å². The van der Waals surface area contributed by atoms with Crippen LogP contribution in [-0.2, 0) is 9.59 Å². The van der Waals surface area contributed by atoms with Gasteiger partial charge in [0.15, 0.2) is 0 Å². The van der Waals surface area contributed by atoms with E-state index >= 15 is 0 Å². The molecular weight excluding hydrogens is 430 g/mol. The number of nitrogens with zero attached hydrogens (tertiary/aromatic N) is 3. The normalized spacial score (nSPS) is 21.9. The van der Waals surface area contributed by atoms with Crippen LogP contribution in [0.5, 0.6) is 0 Å². The Morgan fingerprint density at radius 3 is 1.82 bits per heavy atom. The van der Waals surface area contributed by atoms with E-state index in [2.05, 4.69) is 0 Å². The van der Waals surface area contributed by atoms with Crippen molar-refractivity contribution >= 4 is 29.3 Å².